The molecular weight excluding hydrogens is 236 g/mol. The highest BCUT2D eigenvalue weighted by Gasteiger charge is 2.15. The van der Waals surface area contributed by atoms with Crippen LogP contribution in [0.1, 0.15) is 33.1 Å². The normalized spacial score (nSPS) is 20.9. The minimum atomic E-state index is 0.523. The van der Waals surface area contributed by atoms with Crippen LogP contribution in [-0.2, 0) is 0 Å². The first-order valence-electron chi connectivity index (χ1n) is 7.44. The van der Waals surface area contributed by atoms with Gasteiger partial charge in [0.05, 0.1) is 6.54 Å². The molecule has 0 amide bonds. The van der Waals surface area contributed by atoms with E-state index in [4.69, 9.17) is 6.42 Å². The second-order valence-electron chi connectivity index (χ2n) is 5.22. The Morgan fingerprint density at radius 3 is 3.00 bits per heavy atom. The molecule has 1 unspecified atom stereocenters. The van der Waals surface area contributed by atoms with Crippen LogP contribution in [0.2, 0.25) is 0 Å². The molecule has 1 heterocycles. The van der Waals surface area contributed by atoms with Gasteiger partial charge in [-0.25, -0.2) is 0 Å². The van der Waals surface area contributed by atoms with Gasteiger partial charge in [-0.15, -0.1) is 6.42 Å². The third-order valence-corrected chi connectivity index (χ3v) is 3.35. The lowest BCUT2D eigenvalue weighted by Crippen LogP contribution is -2.38. The van der Waals surface area contributed by atoms with Crippen molar-refractivity contribution >= 4 is 5.96 Å². The number of nitrogens with zero attached hydrogens (tertiary/aromatic N) is 2. The first-order valence-corrected chi connectivity index (χ1v) is 7.44. The summed E-state index contributed by atoms with van der Waals surface area (Å²) < 4.78 is 0. The molecule has 108 valence electrons. The Morgan fingerprint density at radius 1 is 1.47 bits per heavy atom. The minimum absolute atomic E-state index is 0.523. The zero-order chi connectivity index (χ0) is 13.9. The number of piperidine rings is 1. The molecule has 1 atom stereocenters. The molecule has 1 fully saturated rings. The number of guanidine groups is 1. The Hall–Kier alpha value is -1.21. The molecule has 0 aromatic heterocycles. The Balaban J connectivity index is 2.20. The molecule has 0 aromatic carbocycles. The zero-order valence-electron chi connectivity index (χ0n) is 12.4. The third kappa shape index (κ3) is 7.07. The van der Waals surface area contributed by atoms with E-state index in [1.54, 1.807) is 0 Å². The van der Waals surface area contributed by atoms with Crippen molar-refractivity contribution in [2.45, 2.75) is 33.1 Å². The number of hydrogen-bond donors (Lipinski definition) is 2. The lowest BCUT2D eigenvalue weighted by molar-refractivity contribution is 0.183. The first kappa shape index (κ1) is 15.8. The first-order chi connectivity index (χ1) is 9.26. The van der Waals surface area contributed by atoms with E-state index in [9.17, 15) is 0 Å². The van der Waals surface area contributed by atoms with Gasteiger partial charge in [-0.05, 0) is 45.2 Å². The summed E-state index contributed by atoms with van der Waals surface area (Å²) in [5.41, 5.74) is 0. The van der Waals surface area contributed by atoms with E-state index in [1.165, 1.54) is 25.9 Å². The van der Waals surface area contributed by atoms with Gasteiger partial charge in [0.1, 0.15) is 0 Å². The van der Waals surface area contributed by atoms with Gasteiger partial charge >= 0.3 is 0 Å². The van der Waals surface area contributed by atoms with Gasteiger partial charge < -0.3 is 15.5 Å². The SMILES string of the molecule is C#CCNC(=NCCCN1CCCC(C)C1)NCC. The molecule has 1 aliphatic heterocycles. The van der Waals surface area contributed by atoms with Crippen molar-refractivity contribution in [2.75, 3.05) is 39.3 Å². The third-order valence-electron chi connectivity index (χ3n) is 3.35. The molecule has 0 bridgehead atoms. The molecule has 0 saturated carbocycles. The van der Waals surface area contributed by atoms with E-state index < -0.39 is 0 Å². The maximum absolute atomic E-state index is 5.24. The van der Waals surface area contributed by atoms with Crippen molar-refractivity contribution < 1.29 is 0 Å². The molecule has 0 aromatic rings. The maximum atomic E-state index is 5.24. The van der Waals surface area contributed by atoms with Gasteiger partial charge in [-0.2, -0.15) is 0 Å². The molecular formula is C15H28N4. The average molecular weight is 264 g/mol. The number of rotatable bonds is 6. The van der Waals surface area contributed by atoms with E-state index in [0.717, 1.165) is 37.9 Å². The molecule has 0 spiro atoms. The maximum Gasteiger partial charge on any atom is 0.192 e. The van der Waals surface area contributed by atoms with Gasteiger partial charge in [-0.1, -0.05) is 12.8 Å². The Kier molecular flexibility index (Phi) is 8.08. The van der Waals surface area contributed by atoms with Gasteiger partial charge in [0.15, 0.2) is 5.96 Å². The second-order valence-corrected chi connectivity index (χ2v) is 5.22. The highest BCUT2D eigenvalue weighted by molar-refractivity contribution is 5.79. The number of likely N-dealkylation sites (tertiary alicyclic amines) is 1. The average Bonchev–Trinajstić information content (AvgIpc) is 2.41. The van der Waals surface area contributed by atoms with Crippen LogP contribution in [0.3, 0.4) is 0 Å². The van der Waals surface area contributed by atoms with Crippen molar-refractivity contribution in [3.8, 4) is 12.3 Å². The van der Waals surface area contributed by atoms with Crippen molar-refractivity contribution in [3.63, 3.8) is 0 Å². The lowest BCUT2D eigenvalue weighted by Gasteiger charge is -2.30. The van der Waals surface area contributed by atoms with Crippen LogP contribution in [0, 0.1) is 18.3 Å². The highest BCUT2D eigenvalue weighted by Crippen LogP contribution is 2.15. The predicted molar refractivity (Wildman–Crippen MR) is 82.3 cm³/mol. The van der Waals surface area contributed by atoms with Gasteiger partial charge in [-0.3, -0.25) is 4.99 Å². The molecule has 0 radical (unpaired) electrons. The standard InChI is InChI=1S/C15H28N4/c1-4-9-17-15(16-5-2)18-10-7-12-19-11-6-8-14(3)13-19/h1,14H,5-13H2,2-3H3,(H2,16,17,18). The Bertz CT molecular complexity index is 306. The predicted octanol–water partition coefficient (Wildman–Crippen LogP) is 1.30. The van der Waals surface area contributed by atoms with Crippen LogP contribution < -0.4 is 10.6 Å². The van der Waals surface area contributed by atoms with Crippen molar-refractivity contribution in [1.29, 1.82) is 0 Å². The molecule has 2 N–H and O–H groups in total. The largest absolute Gasteiger partial charge is 0.357 e. The van der Waals surface area contributed by atoms with Crippen LogP contribution in [0.25, 0.3) is 0 Å². The monoisotopic (exact) mass is 264 g/mol. The smallest absolute Gasteiger partial charge is 0.192 e. The molecule has 1 aliphatic rings. The quantitative estimate of drug-likeness (QED) is 0.329. The summed E-state index contributed by atoms with van der Waals surface area (Å²) in [6, 6.07) is 0. The second kappa shape index (κ2) is 9.69. The van der Waals surface area contributed by atoms with Gasteiger partial charge in [0.25, 0.3) is 0 Å². The number of nitrogens with one attached hydrogen (secondary N) is 2. The lowest BCUT2D eigenvalue weighted by atomic mass is 10.0. The highest BCUT2D eigenvalue weighted by atomic mass is 15.2. The van der Waals surface area contributed by atoms with Crippen LogP contribution in [0.15, 0.2) is 4.99 Å². The summed E-state index contributed by atoms with van der Waals surface area (Å²) in [5, 5.41) is 6.30. The van der Waals surface area contributed by atoms with E-state index >= 15 is 0 Å². The molecule has 1 rings (SSSR count). The van der Waals surface area contributed by atoms with Crippen molar-refractivity contribution in [1.82, 2.24) is 15.5 Å². The molecule has 19 heavy (non-hydrogen) atoms. The fraction of sp³-hybridized carbons (Fsp3) is 0.800. The van der Waals surface area contributed by atoms with E-state index in [0.29, 0.717) is 6.54 Å². The van der Waals surface area contributed by atoms with Crippen LogP contribution in [0.4, 0.5) is 0 Å². The fourth-order valence-corrected chi connectivity index (χ4v) is 2.45. The number of aliphatic imine (C=N–C) groups is 1. The van der Waals surface area contributed by atoms with Crippen LogP contribution in [-0.4, -0.2) is 50.1 Å². The van der Waals surface area contributed by atoms with E-state index in [2.05, 4.69) is 40.3 Å². The summed E-state index contributed by atoms with van der Waals surface area (Å²) in [6.07, 6.45) is 9.08. The van der Waals surface area contributed by atoms with Gasteiger partial charge in [0, 0.05) is 19.6 Å². The minimum Gasteiger partial charge on any atom is -0.357 e. The van der Waals surface area contributed by atoms with Gasteiger partial charge in [0.2, 0.25) is 0 Å². The summed E-state index contributed by atoms with van der Waals surface area (Å²) in [4.78, 5) is 7.09. The fourth-order valence-electron chi connectivity index (χ4n) is 2.45. The summed E-state index contributed by atoms with van der Waals surface area (Å²) in [6.45, 7) is 10.3. The van der Waals surface area contributed by atoms with Crippen molar-refractivity contribution in [2.24, 2.45) is 10.9 Å². The zero-order valence-corrected chi connectivity index (χ0v) is 12.4. The molecule has 0 aliphatic carbocycles. The van der Waals surface area contributed by atoms with Crippen molar-refractivity contribution in [3.05, 3.63) is 0 Å². The van der Waals surface area contributed by atoms with E-state index in [1.807, 2.05) is 0 Å². The van der Waals surface area contributed by atoms with Crippen LogP contribution >= 0.6 is 0 Å². The summed E-state index contributed by atoms with van der Waals surface area (Å²) in [5.74, 6) is 4.24. The number of hydrogen-bond acceptors (Lipinski definition) is 2. The molecule has 4 nitrogen and oxygen atoms in total. The van der Waals surface area contributed by atoms with E-state index in [-0.39, 0.29) is 0 Å². The topological polar surface area (TPSA) is 39.7 Å². The molecule has 1 saturated heterocycles. The summed E-state index contributed by atoms with van der Waals surface area (Å²) >= 11 is 0. The Morgan fingerprint density at radius 2 is 2.32 bits per heavy atom. The molecule has 4 heteroatoms. The Labute approximate surface area is 118 Å². The number of terminal acetylenes is 1. The van der Waals surface area contributed by atoms with Crippen LogP contribution in [0.5, 0.6) is 0 Å². The summed E-state index contributed by atoms with van der Waals surface area (Å²) in [7, 11) is 0.